The van der Waals surface area contributed by atoms with Crippen LogP contribution in [0.15, 0.2) is 11.1 Å². The lowest BCUT2D eigenvalue weighted by molar-refractivity contribution is -0.0554. The van der Waals surface area contributed by atoms with Gasteiger partial charge in [-0.25, -0.2) is 9.78 Å². The van der Waals surface area contributed by atoms with E-state index >= 15 is 0 Å². The number of anilines is 1. The van der Waals surface area contributed by atoms with Crippen molar-refractivity contribution in [2.24, 2.45) is 0 Å². The first kappa shape index (κ1) is 14.8. The van der Waals surface area contributed by atoms with Crippen molar-refractivity contribution in [3.05, 3.63) is 16.8 Å². The van der Waals surface area contributed by atoms with Gasteiger partial charge in [0.05, 0.1) is 6.61 Å². The molecule has 0 aliphatic carbocycles. The van der Waals surface area contributed by atoms with Crippen molar-refractivity contribution in [1.82, 2.24) is 14.5 Å². The molecule has 18 heavy (non-hydrogen) atoms. The van der Waals surface area contributed by atoms with Gasteiger partial charge in [0.2, 0.25) is 5.95 Å². The van der Waals surface area contributed by atoms with E-state index in [1.54, 1.807) is 0 Å². The number of hydrogen-bond acceptors (Lipinski definition) is 8. The zero-order valence-corrected chi connectivity index (χ0v) is 9.90. The molecule has 1 aliphatic heterocycles. The molecule has 0 amide bonds. The lowest BCUT2D eigenvalue weighted by Crippen LogP contribution is -2.36. The molecule has 1 aromatic rings. The Morgan fingerprint density at radius 2 is 2.11 bits per heavy atom. The summed E-state index contributed by atoms with van der Waals surface area (Å²) in [5.41, 5.74) is 4.46. The molecule has 102 valence electrons. The van der Waals surface area contributed by atoms with E-state index in [4.69, 9.17) is 15.6 Å². The lowest BCUT2D eigenvalue weighted by Gasteiger charge is -2.16. The average molecular weight is 281 g/mol. The second-order valence-electron chi connectivity index (χ2n) is 3.63. The summed E-state index contributed by atoms with van der Waals surface area (Å²) in [5.74, 6) is -0.196. The van der Waals surface area contributed by atoms with Gasteiger partial charge in [-0.1, -0.05) is 0 Å². The van der Waals surface area contributed by atoms with E-state index in [1.165, 1.54) is 0 Å². The number of nitrogen functional groups attached to an aromatic ring is 1. The summed E-state index contributed by atoms with van der Waals surface area (Å²) in [6.07, 6.45) is -3.67. The molecular weight excluding hydrogens is 268 g/mol. The molecule has 0 spiro atoms. The minimum Gasteiger partial charge on any atom is -0.394 e. The third kappa shape index (κ3) is 2.44. The van der Waals surface area contributed by atoms with Crippen molar-refractivity contribution in [3.8, 4) is 0 Å². The second kappa shape index (κ2) is 5.59. The predicted octanol–water partition coefficient (Wildman–Crippen LogP) is -2.75. The monoisotopic (exact) mass is 280 g/mol. The highest BCUT2D eigenvalue weighted by molar-refractivity contribution is 5.85. The van der Waals surface area contributed by atoms with Gasteiger partial charge in [0.1, 0.15) is 24.6 Å². The Kier molecular flexibility index (Phi) is 4.59. The van der Waals surface area contributed by atoms with E-state index in [1.807, 2.05) is 0 Å². The van der Waals surface area contributed by atoms with Crippen LogP contribution in [0.5, 0.6) is 0 Å². The van der Waals surface area contributed by atoms with Crippen LogP contribution in [0.4, 0.5) is 5.95 Å². The van der Waals surface area contributed by atoms with Gasteiger partial charge in [-0.05, 0) is 0 Å². The summed E-state index contributed by atoms with van der Waals surface area (Å²) in [5, 5.41) is 28.1. The van der Waals surface area contributed by atoms with Crippen molar-refractivity contribution >= 4 is 18.4 Å². The Morgan fingerprint density at radius 1 is 1.44 bits per heavy atom. The molecule has 10 heteroatoms. The molecular formula is C8H13ClN4O5. The Morgan fingerprint density at radius 3 is 2.61 bits per heavy atom. The fourth-order valence-electron chi connectivity index (χ4n) is 1.64. The van der Waals surface area contributed by atoms with Crippen molar-refractivity contribution < 1.29 is 20.1 Å². The summed E-state index contributed by atoms with van der Waals surface area (Å²) in [6.45, 7) is -0.473. The molecule has 0 radical (unpaired) electrons. The largest absolute Gasteiger partial charge is 0.394 e. The Bertz CT molecular complexity index is 469. The Labute approximate surface area is 107 Å². The number of aromatic nitrogens is 3. The first-order valence-corrected chi connectivity index (χ1v) is 4.87. The molecule has 9 nitrogen and oxygen atoms in total. The van der Waals surface area contributed by atoms with Crippen LogP contribution in [0.3, 0.4) is 0 Å². The summed E-state index contributed by atoms with van der Waals surface area (Å²) in [7, 11) is 0. The van der Waals surface area contributed by atoms with E-state index in [0.717, 1.165) is 10.9 Å². The van der Waals surface area contributed by atoms with Gasteiger partial charge in [-0.15, -0.1) is 12.4 Å². The fourth-order valence-corrected chi connectivity index (χ4v) is 1.64. The second-order valence-corrected chi connectivity index (χ2v) is 3.63. The van der Waals surface area contributed by atoms with E-state index in [9.17, 15) is 15.0 Å². The van der Waals surface area contributed by atoms with Crippen LogP contribution >= 0.6 is 12.4 Å². The maximum Gasteiger partial charge on any atom is 0.354 e. The van der Waals surface area contributed by atoms with Crippen molar-refractivity contribution in [1.29, 1.82) is 0 Å². The van der Waals surface area contributed by atoms with Crippen LogP contribution < -0.4 is 11.4 Å². The van der Waals surface area contributed by atoms with Crippen LogP contribution in [-0.2, 0) is 4.74 Å². The molecule has 5 N–H and O–H groups in total. The van der Waals surface area contributed by atoms with E-state index in [2.05, 4.69) is 9.97 Å². The van der Waals surface area contributed by atoms with Gasteiger partial charge in [0, 0.05) is 0 Å². The summed E-state index contributed by atoms with van der Waals surface area (Å²) in [6, 6.07) is 0. The normalized spacial score (nSPS) is 31.1. The molecule has 1 fully saturated rings. The molecule has 0 bridgehead atoms. The molecule has 0 aromatic carbocycles. The first-order valence-electron chi connectivity index (χ1n) is 4.87. The average Bonchev–Trinajstić information content (AvgIpc) is 2.57. The number of hydrogen-bond donors (Lipinski definition) is 4. The molecule has 2 rings (SSSR count). The summed E-state index contributed by atoms with van der Waals surface area (Å²) < 4.78 is 6.04. The minimum atomic E-state index is -1.35. The number of rotatable bonds is 2. The highest BCUT2D eigenvalue weighted by Gasteiger charge is 2.43. The third-order valence-corrected chi connectivity index (χ3v) is 2.54. The molecule has 0 saturated carbocycles. The van der Waals surface area contributed by atoms with Crippen molar-refractivity contribution in [2.75, 3.05) is 12.3 Å². The fraction of sp³-hybridized carbons (Fsp3) is 0.625. The number of nitrogens with zero attached hydrogens (tertiary/aromatic N) is 3. The zero-order chi connectivity index (χ0) is 12.6. The molecule has 1 aliphatic rings. The van der Waals surface area contributed by atoms with Gasteiger partial charge >= 0.3 is 5.69 Å². The van der Waals surface area contributed by atoms with Crippen LogP contribution in [0, 0.1) is 0 Å². The summed E-state index contributed by atoms with van der Waals surface area (Å²) >= 11 is 0. The van der Waals surface area contributed by atoms with E-state index < -0.39 is 36.8 Å². The number of aliphatic hydroxyl groups excluding tert-OH is 3. The van der Waals surface area contributed by atoms with Gasteiger partial charge in [-0.3, -0.25) is 4.57 Å². The highest BCUT2D eigenvalue weighted by Crippen LogP contribution is 2.27. The van der Waals surface area contributed by atoms with Gasteiger partial charge in [0.25, 0.3) is 0 Å². The van der Waals surface area contributed by atoms with Crippen LogP contribution in [0.1, 0.15) is 6.23 Å². The number of halogens is 1. The van der Waals surface area contributed by atoms with Crippen molar-refractivity contribution in [2.45, 2.75) is 24.5 Å². The SMILES string of the molecule is Cl.Nc1ncn([C@@H]2O[C@H](CO)[C@H](O)[C@H]2O)c(=O)n1. The number of ether oxygens (including phenoxy) is 1. The maximum atomic E-state index is 11.5. The van der Waals surface area contributed by atoms with E-state index in [0.29, 0.717) is 0 Å². The molecule has 0 unspecified atom stereocenters. The molecule has 4 atom stereocenters. The Hall–Kier alpha value is -1.26. The predicted molar refractivity (Wildman–Crippen MR) is 61.0 cm³/mol. The third-order valence-electron chi connectivity index (χ3n) is 2.54. The van der Waals surface area contributed by atoms with Gasteiger partial charge < -0.3 is 25.8 Å². The summed E-state index contributed by atoms with van der Waals surface area (Å²) in [4.78, 5) is 18.4. The number of nitrogens with two attached hydrogens (primary N) is 1. The molecule has 1 saturated heterocycles. The lowest BCUT2D eigenvalue weighted by atomic mass is 10.1. The highest BCUT2D eigenvalue weighted by atomic mass is 35.5. The van der Waals surface area contributed by atoms with Gasteiger partial charge in [-0.2, -0.15) is 4.98 Å². The van der Waals surface area contributed by atoms with E-state index in [-0.39, 0.29) is 18.4 Å². The van der Waals surface area contributed by atoms with Crippen LogP contribution in [0.2, 0.25) is 0 Å². The smallest absolute Gasteiger partial charge is 0.354 e. The van der Waals surface area contributed by atoms with Crippen LogP contribution in [0.25, 0.3) is 0 Å². The standard InChI is InChI=1S/C8H12N4O5.ClH/c9-7-10-2-12(8(16)11-7)6-5(15)4(14)3(1-13)17-6;/h2-6,13-15H,1H2,(H2,9,11,16);1H/t3-,4+,5-,6-;/m1./s1. The number of aliphatic hydroxyl groups is 3. The molecule has 1 aromatic heterocycles. The van der Waals surface area contributed by atoms with Crippen molar-refractivity contribution in [3.63, 3.8) is 0 Å². The zero-order valence-electron chi connectivity index (χ0n) is 9.08. The minimum absolute atomic E-state index is 0. The molecule has 2 heterocycles. The quantitative estimate of drug-likeness (QED) is 0.456. The maximum absolute atomic E-state index is 11.5. The topological polar surface area (TPSA) is 144 Å². The van der Waals surface area contributed by atoms with Gasteiger partial charge in [0.15, 0.2) is 6.23 Å². The first-order chi connectivity index (χ1) is 8.04. The van der Waals surface area contributed by atoms with Crippen LogP contribution in [-0.4, -0.2) is 54.8 Å². The Balaban J connectivity index is 0.00000162.